The standard InChI is InChI=1S/C26H28N4O3/c1-3-18-15-27-25(28-16-18)30-11-9-26(10-12-30)20-13-22(32-2)23(14-21(20)29-24(26)31)33-17-19-7-5-4-6-8-19/h4-8,13-16H,3,9-12,17H2,1-2H3,(H,29,31). The number of nitrogens with zero attached hydrogens (tertiary/aromatic N) is 3. The van der Waals surface area contributed by atoms with Crippen LogP contribution in [0.3, 0.4) is 0 Å². The van der Waals surface area contributed by atoms with E-state index in [1.54, 1.807) is 7.11 Å². The van der Waals surface area contributed by atoms with E-state index in [0.717, 1.165) is 34.7 Å². The van der Waals surface area contributed by atoms with Crippen molar-refractivity contribution in [2.45, 2.75) is 38.2 Å². The molecule has 33 heavy (non-hydrogen) atoms. The normalized spacial score (nSPS) is 16.4. The minimum Gasteiger partial charge on any atom is -0.493 e. The van der Waals surface area contributed by atoms with Crippen LogP contribution in [0.4, 0.5) is 11.6 Å². The van der Waals surface area contributed by atoms with Crippen molar-refractivity contribution in [3.63, 3.8) is 0 Å². The number of nitrogens with one attached hydrogen (secondary N) is 1. The quantitative estimate of drug-likeness (QED) is 0.616. The highest BCUT2D eigenvalue weighted by molar-refractivity contribution is 6.07. The molecule has 7 nitrogen and oxygen atoms in total. The van der Waals surface area contributed by atoms with E-state index >= 15 is 0 Å². The van der Waals surface area contributed by atoms with Crippen LogP contribution in [0, 0.1) is 0 Å². The molecule has 1 fully saturated rings. The Morgan fingerprint density at radius 3 is 2.42 bits per heavy atom. The van der Waals surface area contributed by atoms with Gasteiger partial charge in [0, 0.05) is 37.2 Å². The lowest BCUT2D eigenvalue weighted by Crippen LogP contribution is -2.47. The molecule has 1 saturated heterocycles. The summed E-state index contributed by atoms with van der Waals surface area (Å²) in [6.07, 6.45) is 6.06. The lowest BCUT2D eigenvalue weighted by atomic mass is 9.73. The number of methoxy groups -OCH3 is 1. The second-order valence-electron chi connectivity index (χ2n) is 8.59. The topological polar surface area (TPSA) is 76.6 Å². The Morgan fingerprint density at radius 2 is 1.76 bits per heavy atom. The van der Waals surface area contributed by atoms with Gasteiger partial charge in [-0.25, -0.2) is 9.97 Å². The molecule has 7 heteroatoms. The van der Waals surface area contributed by atoms with Gasteiger partial charge in [0.05, 0.1) is 12.5 Å². The van der Waals surface area contributed by atoms with E-state index in [1.807, 2.05) is 54.9 Å². The summed E-state index contributed by atoms with van der Waals surface area (Å²) in [6.45, 7) is 3.95. The highest BCUT2D eigenvalue weighted by atomic mass is 16.5. The van der Waals surface area contributed by atoms with Crippen LogP contribution in [-0.2, 0) is 23.2 Å². The summed E-state index contributed by atoms with van der Waals surface area (Å²) in [5, 5.41) is 3.09. The number of hydrogen-bond acceptors (Lipinski definition) is 6. The second kappa shape index (κ2) is 8.73. The number of amides is 1. The van der Waals surface area contributed by atoms with Crippen molar-refractivity contribution in [2.75, 3.05) is 30.4 Å². The summed E-state index contributed by atoms with van der Waals surface area (Å²) in [4.78, 5) is 24.4. The van der Waals surface area contributed by atoms with Crippen LogP contribution in [0.1, 0.15) is 36.5 Å². The summed E-state index contributed by atoms with van der Waals surface area (Å²) in [5.74, 6) is 2.03. The van der Waals surface area contributed by atoms with Crippen LogP contribution in [0.5, 0.6) is 11.5 Å². The van der Waals surface area contributed by atoms with Crippen LogP contribution in [0.25, 0.3) is 0 Å². The molecular weight excluding hydrogens is 416 g/mol. The van der Waals surface area contributed by atoms with Crippen molar-refractivity contribution in [3.05, 3.63) is 71.5 Å². The number of aromatic nitrogens is 2. The molecular formula is C26H28N4O3. The number of piperidine rings is 1. The monoisotopic (exact) mass is 444 g/mol. The molecule has 0 aliphatic carbocycles. The van der Waals surface area contributed by atoms with Gasteiger partial charge in [0.1, 0.15) is 6.61 Å². The predicted molar refractivity (Wildman–Crippen MR) is 127 cm³/mol. The lowest BCUT2D eigenvalue weighted by Gasteiger charge is -2.38. The van der Waals surface area contributed by atoms with Gasteiger partial charge in [-0.1, -0.05) is 37.3 Å². The summed E-state index contributed by atoms with van der Waals surface area (Å²) in [6, 6.07) is 13.8. The zero-order valence-electron chi connectivity index (χ0n) is 19.0. The van der Waals surface area contributed by atoms with Gasteiger partial charge in [0.25, 0.3) is 0 Å². The molecule has 1 amide bonds. The fourth-order valence-electron chi connectivity index (χ4n) is 4.71. The number of anilines is 2. The summed E-state index contributed by atoms with van der Waals surface area (Å²) >= 11 is 0. The number of carbonyl (C=O) groups excluding carboxylic acids is 1. The van der Waals surface area contributed by atoms with E-state index < -0.39 is 5.41 Å². The van der Waals surface area contributed by atoms with Crippen LogP contribution in [0.15, 0.2) is 54.9 Å². The van der Waals surface area contributed by atoms with E-state index in [1.165, 1.54) is 0 Å². The third-order valence-electron chi connectivity index (χ3n) is 6.74. The predicted octanol–water partition coefficient (Wildman–Crippen LogP) is 4.12. The fraction of sp³-hybridized carbons (Fsp3) is 0.346. The van der Waals surface area contributed by atoms with Crippen LogP contribution < -0.4 is 19.7 Å². The van der Waals surface area contributed by atoms with Gasteiger partial charge < -0.3 is 19.7 Å². The molecule has 0 atom stereocenters. The average molecular weight is 445 g/mol. The molecule has 0 radical (unpaired) electrons. The molecule has 5 rings (SSSR count). The maximum atomic E-state index is 13.2. The van der Waals surface area contributed by atoms with Crippen LogP contribution in [-0.4, -0.2) is 36.1 Å². The summed E-state index contributed by atoms with van der Waals surface area (Å²) in [7, 11) is 1.63. The van der Waals surface area contributed by atoms with E-state index in [0.29, 0.717) is 44.0 Å². The smallest absolute Gasteiger partial charge is 0.235 e. The Kier molecular flexibility index (Phi) is 5.62. The molecule has 3 aromatic rings. The zero-order valence-corrected chi connectivity index (χ0v) is 19.0. The molecule has 2 aromatic carbocycles. The van der Waals surface area contributed by atoms with Gasteiger partial charge in [0.15, 0.2) is 11.5 Å². The first-order valence-electron chi connectivity index (χ1n) is 11.4. The maximum absolute atomic E-state index is 13.2. The highest BCUT2D eigenvalue weighted by Crippen LogP contribution is 2.49. The first-order chi connectivity index (χ1) is 16.1. The fourth-order valence-corrected chi connectivity index (χ4v) is 4.71. The highest BCUT2D eigenvalue weighted by Gasteiger charge is 2.49. The second-order valence-corrected chi connectivity index (χ2v) is 8.59. The molecule has 0 saturated carbocycles. The van der Waals surface area contributed by atoms with Crippen LogP contribution in [0.2, 0.25) is 0 Å². The summed E-state index contributed by atoms with van der Waals surface area (Å²) in [5.41, 5.74) is 3.41. The average Bonchev–Trinajstić information content (AvgIpc) is 3.13. The van der Waals surface area contributed by atoms with Gasteiger partial charge in [-0.15, -0.1) is 0 Å². The molecule has 2 aliphatic heterocycles. The van der Waals surface area contributed by atoms with Gasteiger partial charge in [-0.05, 0) is 42.0 Å². The van der Waals surface area contributed by atoms with Crippen molar-refractivity contribution in [3.8, 4) is 11.5 Å². The minimum atomic E-state index is -0.569. The molecule has 1 aromatic heterocycles. The molecule has 1 spiro atoms. The third kappa shape index (κ3) is 3.88. The van der Waals surface area contributed by atoms with E-state index in [4.69, 9.17) is 9.47 Å². The molecule has 3 heterocycles. The molecule has 0 bridgehead atoms. The number of aryl methyl sites for hydroxylation is 1. The van der Waals surface area contributed by atoms with Crippen molar-refractivity contribution >= 4 is 17.5 Å². The van der Waals surface area contributed by atoms with Gasteiger partial charge >= 0.3 is 0 Å². The Balaban J connectivity index is 1.36. The largest absolute Gasteiger partial charge is 0.493 e. The molecule has 170 valence electrons. The van der Waals surface area contributed by atoms with Crippen molar-refractivity contribution in [2.24, 2.45) is 0 Å². The minimum absolute atomic E-state index is 0.0432. The van der Waals surface area contributed by atoms with Crippen molar-refractivity contribution < 1.29 is 14.3 Å². The lowest BCUT2D eigenvalue weighted by molar-refractivity contribution is -0.121. The Hall–Kier alpha value is -3.61. The zero-order chi connectivity index (χ0) is 22.8. The Bertz CT molecular complexity index is 1140. The number of rotatable bonds is 6. The van der Waals surface area contributed by atoms with E-state index in [9.17, 15) is 4.79 Å². The van der Waals surface area contributed by atoms with Crippen LogP contribution >= 0.6 is 0 Å². The first kappa shape index (κ1) is 21.2. The van der Waals surface area contributed by atoms with E-state index in [-0.39, 0.29) is 5.91 Å². The molecule has 0 unspecified atom stereocenters. The number of carbonyl (C=O) groups is 1. The van der Waals surface area contributed by atoms with E-state index in [2.05, 4.69) is 27.1 Å². The Morgan fingerprint density at radius 1 is 1.03 bits per heavy atom. The van der Waals surface area contributed by atoms with Crippen molar-refractivity contribution in [1.82, 2.24) is 9.97 Å². The number of ether oxygens (including phenoxy) is 2. The Labute approximate surface area is 193 Å². The van der Waals surface area contributed by atoms with Gasteiger partial charge in [-0.3, -0.25) is 4.79 Å². The number of benzene rings is 2. The SMILES string of the molecule is CCc1cnc(N2CCC3(CC2)C(=O)Nc2cc(OCc4ccccc4)c(OC)cc23)nc1. The molecule has 1 N–H and O–H groups in total. The summed E-state index contributed by atoms with van der Waals surface area (Å²) < 4.78 is 11.7. The van der Waals surface area contributed by atoms with Gasteiger partial charge in [-0.2, -0.15) is 0 Å². The third-order valence-corrected chi connectivity index (χ3v) is 6.74. The maximum Gasteiger partial charge on any atom is 0.235 e. The van der Waals surface area contributed by atoms with Crippen molar-refractivity contribution in [1.29, 1.82) is 0 Å². The first-order valence-corrected chi connectivity index (χ1v) is 11.4. The van der Waals surface area contributed by atoms with Gasteiger partial charge in [0.2, 0.25) is 11.9 Å². The number of fused-ring (bicyclic) bond motifs is 2. The molecule has 2 aliphatic rings. The number of hydrogen-bond donors (Lipinski definition) is 1.